The molecule has 0 atom stereocenters. The van der Waals surface area contributed by atoms with Crippen molar-refractivity contribution in [2.45, 2.75) is 52.4 Å². The van der Waals surface area contributed by atoms with E-state index in [1.807, 2.05) is 18.2 Å². The second-order valence-corrected chi connectivity index (χ2v) is 7.54. The Morgan fingerprint density at radius 2 is 1.52 bits per heavy atom. The first-order valence-electron chi connectivity index (χ1n) is 7.27. The smallest absolute Gasteiger partial charge is 0.197 e. The van der Waals surface area contributed by atoms with Gasteiger partial charge in [0.1, 0.15) is 12.0 Å². The molecule has 0 aromatic heterocycles. The minimum absolute atomic E-state index is 0.124. The van der Waals surface area contributed by atoms with E-state index in [9.17, 15) is 5.11 Å². The molecule has 0 radical (unpaired) electrons. The molecule has 0 amide bonds. The molecule has 114 valence electrons. The SMILES string of the molecule is CC(C)(C)c1cc(C=C2NC=CO2)cc(C(C)(C)C)c1O. The van der Waals surface area contributed by atoms with Crippen LogP contribution in [0.4, 0.5) is 0 Å². The highest BCUT2D eigenvalue weighted by molar-refractivity contribution is 5.60. The third kappa shape index (κ3) is 3.41. The van der Waals surface area contributed by atoms with E-state index in [1.165, 1.54) is 0 Å². The van der Waals surface area contributed by atoms with Gasteiger partial charge in [-0.2, -0.15) is 0 Å². The average molecular weight is 287 g/mol. The third-order valence-corrected chi connectivity index (χ3v) is 3.53. The first kappa shape index (κ1) is 15.5. The Morgan fingerprint density at radius 1 is 1.00 bits per heavy atom. The van der Waals surface area contributed by atoms with Crippen LogP contribution < -0.4 is 5.32 Å². The predicted octanol–water partition coefficient (Wildman–Crippen LogP) is 4.38. The minimum atomic E-state index is -0.124. The maximum atomic E-state index is 10.7. The molecule has 0 spiro atoms. The molecule has 2 N–H and O–H groups in total. The van der Waals surface area contributed by atoms with Gasteiger partial charge in [-0.05, 0) is 28.5 Å². The lowest BCUT2D eigenvalue weighted by Crippen LogP contribution is -2.17. The summed E-state index contributed by atoms with van der Waals surface area (Å²) in [4.78, 5) is 0. The van der Waals surface area contributed by atoms with Gasteiger partial charge in [0.2, 0.25) is 0 Å². The molecule has 1 aromatic rings. The van der Waals surface area contributed by atoms with E-state index in [2.05, 4.69) is 46.9 Å². The van der Waals surface area contributed by atoms with E-state index in [0.29, 0.717) is 11.6 Å². The summed E-state index contributed by atoms with van der Waals surface area (Å²) in [7, 11) is 0. The first-order chi connectivity index (χ1) is 9.59. The van der Waals surface area contributed by atoms with Crippen molar-refractivity contribution in [3.05, 3.63) is 47.2 Å². The molecule has 0 bridgehead atoms. The van der Waals surface area contributed by atoms with Gasteiger partial charge in [-0.3, -0.25) is 0 Å². The second-order valence-electron chi connectivity index (χ2n) is 7.54. The molecular weight excluding hydrogens is 262 g/mol. The highest BCUT2D eigenvalue weighted by Crippen LogP contribution is 2.40. The molecule has 1 aliphatic rings. The number of hydrogen-bond acceptors (Lipinski definition) is 3. The quantitative estimate of drug-likeness (QED) is 0.805. The number of phenols is 1. The van der Waals surface area contributed by atoms with E-state index in [4.69, 9.17) is 4.74 Å². The van der Waals surface area contributed by atoms with E-state index < -0.39 is 0 Å². The number of rotatable bonds is 1. The lowest BCUT2D eigenvalue weighted by molar-refractivity contribution is 0.362. The summed E-state index contributed by atoms with van der Waals surface area (Å²) in [5.74, 6) is 1.09. The molecule has 0 saturated carbocycles. The highest BCUT2D eigenvalue weighted by Gasteiger charge is 2.26. The summed E-state index contributed by atoms with van der Waals surface area (Å²) in [6, 6.07) is 4.06. The first-order valence-corrected chi connectivity index (χ1v) is 7.27. The van der Waals surface area contributed by atoms with Gasteiger partial charge >= 0.3 is 0 Å². The number of benzene rings is 1. The molecule has 0 fully saturated rings. The largest absolute Gasteiger partial charge is 0.507 e. The molecule has 0 saturated heterocycles. The molecular formula is C18H25NO2. The maximum absolute atomic E-state index is 10.7. The number of aromatic hydroxyl groups is 1. The van der Waals surface area contributed by atoms with Gasteiger partial charge in [-0.25, -0.2) is 0 Å². The Kier molecular flexibility index (Phi) is 3.79. The van der Waals surface area contributed by atoms with Gasteiger partial charge in [0.25, 0.3) is 0 Å². The van der Waals surface area contributed by atoms with Crippen LogP contribution in [-0.4, -0.2) is 5.11 Å². The Balaban J connectivity index is 2.59. The van der Waals surface area contributed by atoms with Crippen molar-refractivity contribution >= 4 is 6.08 Å². The molecule has 0 aliphatic carbocycles. The summed E-state index contributed by atoms with van der Waals surface area (Å²) in [5.41, 5.74) is 2.68. The molecule has 1 aliphatic heterocycles. The van der Waals surface area contributed by atoms with E-state index in [-0.39, 0.29) is 10.8 Å². The summed E-state index contributed by atoms with van der Waals surface area (Å²) >= 11 is 0. The monoisotopic (exact) mass is 287 g/mol. The lowest BCUT2D eigenvalue weighted by Gasteiger charge is -2.27. The van der Waals surface area contributed by atoms with Crippen molar-refractivity contribution in [2.24, 2.45) is 0 Å². The fraction of sp³-hybridized carbons (Fsp3) is 0.444. The molecule has 21 heavy (non-hydrogen) atoms. The highest BCUT2D eigenvalue weighted by atomic mass is 16.5. The van der Waals surface area contributed by atoms with E-state index in [1.54, 1.807) is 12.5 Å². The summed E-state index contributed by atoms with van der Waals surface area (Å²) in [6.07, 6.45) is 5.31. The zero-order valence-electron chi connectivity index (χ0n) is 13.7. The third-order valence-electron chi connectivity index (χ3n) is 3.53. The van der Waals surface area contributed by atoms with Crippen molar-refractivity contribution in [1.29, 1.82) is 0 Å². The second kappa shape index (κ2) is 5.14. The van der Waals surface area contributed by atoms with Crippen molar-refractivity contribution in [2.75, 3.05) is 0 Å². The Morgan fingerprint density at radius 3 is 1.90 bits per heavy atom. The zero-order valence-corrected chi connectivity index (χ0v) is 13.7. The van der Waals surface area contributed by atoms with Crippen LogP contribution in [0.2, 0.25) is 0 Å². The molecule has 3 heteroatoms. The van der Waals surface area contributed by atoms with Crippen LogP contribution in [0.5, 0.6) is 5.75 Å². The Labute approximate surface area is 127 Å². The number of nitrogens with one attached hydrogen (secondary N) is 1. The van der Waals surface area contributed by atoms with Gasteiger partial charge in [-0.15, -0.1) is 0 Å². The van der Waals surface area contributed by atoms with Gasteiger partial charge in [0.05, 0.1) is 0 Å². The summed E-state index contributed by atoms with van der Waals surface area (Å²) in [6.45, 7) is 12.7. The minimum Gasteiger partial charge on any atom is -0.507 e. The number of ether oxygens (including phenoxy) is 1. The maximum Gasteiger partial charge on any atom is 0.197 e. The van der Waals surface area contributed by atoms with Crippen LogP contribution in [0.15, 0.2) is 30.5 Å². The average Bonchev–Trinajstić information content (AvgIpc) is 2.81. The van der Waals surface area contributed by atoms with Crippen molar-refractivity contribution in [3.8, 4) is 5.75 Å². The summed E-state index contributed by atoms with van der Waals surface area (Å²) < 4.78 is 5.35. The molecule has 1 heterocycles. The van der Waals surface area contributed by atoms with E-state index in [0.717, 1.165) is 16.7 Å². The van der Waals surface area contributed by atoms with Crippen LogP contribution in [0.1, 0.15) is 58.2 Å². The van der Waals surface area contributed by atoms with Gasteiger partial charge in [-0.1, -0.05) is 41.5 Å². The number of phenolic OH excluding ortho intramolecular Hbond substituents is 1. The van der Waals surface area contributed by atoms with Crippen molar-refractivity contribution < 1.29 is 9.84 Å². The topological polar surface area (TPSA) is 41.5 Å². The van der Waals surface area contributed by atoms with E-state index >= 15 is 0 Å². The van der Waals surface area contributed by atoms with Crippen molar-refractivity contribution in [3.63, 3.8) is 0 Å². The van der Waals surface area contributed by atoms with Crippen LogP contribution >= 0.6 is 0 Å². The lowest BCUT2D eigenvalue weighted by atomic mass is 9.78. The Hall–Kier alpha value is -1.90. The van der Waals surface area contributed by atoms with Crippen LogP contribution in [0, 0.1) is 0 Å². The van der Waals surface area contributed by atoms with Crippen LogP contribution in [0.3, 0.4) is 0 Å². The fourth-order valence-corrected chi connectivity index (χ4v) is 2.37. The summed E-state index contributed by atoms with van der Waals surface area (Å²) in [5, 5.41) is 13.7. The predicted molar refractivity (Wildman–Crippen MR) is 86.8 cm³/mol. The standard InChI is InChI=1S/C18H25NO2/c1-17(2,3)13-9-12(11-15-19-7-8-21-15)10-14(16(13)20)18(4,5)6/h7-11,19-20H,1-6H3. The number of hydrogen-bond donors (Lipinski definition) is 2. The molecule has 1 aromatic carbocycles. The normalized spacial score (nSPS) is 17.0. The van der Waals surface area contributed by atoms with Crippen LogP contribution in [-0.2, 0) is 15.6 Å². The fourth-order valence-electron chi connectivity index (χ4n) is 2.37. The molecule has 2 rings (SSSR count). The van der Waals surface area contributed by atoms with Crippen molar-refractivity contribution in [1.82, 2.24) is 5.32 Å². The molecule has 3 nitrogen and oxygen atoms in total. The van der Waals surface area contributed by atoms with Gasteiger partial charge in [0, 0.05) is 23.4 Å². The Bertz CT molecular complexity index is 554. The van der Waals surface area contributed by atoms with Gasteiger partial charge in [0.15, 0.2) is 5.88 Å². The zero-order chi connectivity index (χ0) is 15.8. The van der Waals surface area contributed by atoms with Crippen LogP contribution in [0.25, 0.3) is 6.08 Å². The van der Waals surface area contributed by atoms with Gasteiger partial charge < -0.3 is 15.2 Å². The molecule has 0 unspecified atom stereocenters.